The summed E-state index contributed by atoms with van der Waals surface area (Å²) in [5.41, 5.74) is 1.67. The molecule has 3 aromatic rings. The molecule has 2 aromatic carbocycles. The Labute approximate surface area is 399 Å². The zero-order valence-corrected chi connectivity index (χ0v) is 40.7. The van der Waals surface area contributed by atoms with Crippen LogP contribution in [0.25, 0.3) is 0 Å². The van der Waals surface area contributed by atoms with Gasteiger partial charge in [-0.1, -0.05) is 90.8 Å². The summed E-state index contributed by atoms with van der Waals surface area (Å²) < 4.78 is 12.2. The van der Waals surface area contributed by atoms with Gasteiger partial charge in [0.15, 0.2) is 0 Å². The Balaban J connectivity index is 0.819. The number of carbonyl (C=O) groups is 4. The zero-order valence-electron chi connectivity index (χ0n) is 39.9. The second-order valence-corrected chi connectivity index (χ2v) is 21.3. The average Bonchev–Trinajstić information content (AvgIpc) is 3.68. The second kappa shape index (κ2) is 20.5. The van der Waals surface area contributed by atoms with E-state index in [-0.39, 0.29) is 43.5 Å². The van der Waals surface area contributed by atoms with Crippen LogP contribution in [0.3, 0.4) is 0 Å². The molecule has 3 heterocycles. The Morgan fingerprint density at radius 1 is 0.985 bits per heavy atom. The highest BCUT2D eigenvalue weighted by molar-refractivity contribution is 6.31. The maximum Gasteiger partial charge on any atom is 0.253 e. The molecule has 2 aliphatic heterocycles. The van der Waals surface area contributed by atoms with Crippen molar-refractivity contribution >= 4 is 41.0 Å². The number of rotatable bonds is 16. The highest BCUT2D eigenvalue weighted by atomic mass is 35.5. The summed E-state index contributed by atoms with van der Waals surface area (Å²) >= 11 is 6.25. The fourth-order valence-electron chi connectivity index (χ4n) is 10.4. The minimum absolute atomic E-state index is 0.00762. The molecule has 2 aliphatic carbocycles. The predicted octanol–water partition coefficient (Wildman–Crippen LogP) is 5.43. The molecule has 4 amide bonds. The van der Waals surface area contributed by atoms with Crippen molar-refractivity contribution < 1.29 is 33.8 Å². The number of pyridine rings is 1. The van der Waals surface area contributed by atoms with Gasteiger partial charge in [0.25, 0.3) is 5.91 Å². The number of aliphatic hydroxyl groups is 1. The van der Waals surface area contributed by atoms with Crippen LogP contribution in [-0.2, 0) is 25.7 Å². The van der Waals surface area contributed by atoms with Crippen molar-refractivity contribution in [2.45, 2.75) is 117 Å². The summed E-state index contributed by atoms with van der Waals surface area (Å²) in [5, 5.41) is 29.2. The quantitative estimate of drug-likeness (QED) is 0.134. The van der Waals surface area contributed by atoms with Crippen molar-refractivity contribution in [2.75, 3.05) is 57.4 Å². The Morgan fingerprint density at radius 2 is 1.69 bits per heavy atom. The standard InChI is InChI=1S/C51H67ClN8O7/c1-49(2,3)43(46(65)60-30-37(61)25-40(60)45(64)55-28-32-11-13-34(14-12-32)33-9-8-10-33)56-42(62)31-66-24-23-58-19-21-59(22-20-58)41-18-16-36(29-54-41)44(63)57-47-50(4,5)48(51(47,6)7)67-38-17-15-35(27-53)39(52)26-38/h11-18,26,29,33,37,40,43,47-48,61H,8-10,19-25,28,30-31H2,1-7H3,(H,55,64)(H,56,62)(H,57,63)/t37-,40+,43-,47?,48?/m1/s1. The molecule has 16 heteroatoms. The van der Waals surface area contributed by atoms with E-state index in [1.807, 2.05) is 39.0 Å². The fourth-order valence-corrected chi connectivity index (χ4v) is 10.6. The third-order valence-electron chi connectivity index (χ3n) is 14.2. The van der Waals surface area contributed by atoms with Crippen molar-refractivity contribution in [1.29, 1.82) is 5.26 Å². The Morgan fingerprint density at radius 3 is 2.28 bits per heavy atom. The number of aromatic nitrogens is 1. The molecule has 360 valence electrons. The van der Waals surface area contributed by atoms with Crippen molar-refractivity contribution in [3.8, 4) is 11.8 Å². The molecule has 3 atom stereocenters. The molecular weight excluding hydrogens is 872 g/mol. The van der Waals surface area contributed by atoms with Gasteiger partial charge in [-0.2, -0.15) is 5.26 Å². The van der Waals surface area contributed by atoms with Crippen molar-refractivity contribution in [3.05, 3.63) is 88.1 Å². The number of piperazine rings is 1. The van der Waals surface area contributed by atoms with Gasteiger partial charge in [0.1, 0.15) is 42.4 Å². The third-order valence-corrected chi connectivity index (χ3v) is 14.5. The smallest absolute Gasteiger partial charge is 0.253 e. The van der Waals surface area contributed by atoms with E-state index in [1.165, 1.54) is 29.7 Å². The number of likely N-dealkylation sites (tertiary alicyclic amines) is 1. The molecule has 4 aliphatic rings. The first-order valence-electron chi connectivity index (χ1n) is 23.6. The number of aliphatic hydroxyl groups excluding tert-OH is 1. The number of hydrogen-bond donors (Lipinski definition) is 4. The van der Waals surface area contributed by atoms with Gasteiger partial charge in [-0.15, -0.1) is 0 Å². The number of amides is 4. The van der Waals surface area contributed by atoms with Gasteiger partial charge in [-0.3, -0.25) is 24.1 Å². The number of carbonyl (C=O) groups excluding carboxylic acids is 4. The van der Waals surface area contributed by atoms with Gasteiger partial charge in [-0.25, -0.2) is 4.98 Å². The fraction of sp³-hybridized carbons (Fsp3) is 0.569. The number of nitriles is 1. The lowest BCUT2D eigenvalue weighted by molar-refractivity contribution is -0.164. The van der Waals surface area contributed by atoms with Crippen molar-refractivity contribution in [2.24, 2.45) is 16.2 Å². The summed E-state index contributed by atoms with van der Waals surface area (Å²) in [6, 6.07) is 17.1. The van der Waals surface area contributed by atoms with Gasteiger partial charge < -0.3 is 40.3 Å². The number of hydrogen-bond acceptors (Lipinski definition) is 11. The van der Waals surface area contributed by atoms with E-state index in [2.05, 4.69) is 76.6 Å². The molecule has 1 aromatic heterocycles. The van der Waals surface area contributed by atoms with Crippen LogP contribution in [0.4, 0.5) is 5.82 Å². The number of benzene rings is 2. The van der Waals surface area contributed by atoms with Crippen LogP contribution in [0.2, 0.25) is 5.02 Å². The Bertz CT molecular complexity index is 2280. The Hall–Kier alpha value is -5.27. The monoisotopic (exact) mass is 938 g/mol. The number of β-amino-alcohol motifs (C(OH)–C–C–N with tert-alkyl or cyclic N) is 1. The predicted molar refractivity (Wildman–Crippen MR) is 255 cm³/mol. The number of nitrogens with zero attached hydrogens (tertiary/aromatic N) is 5. The largest absolute Gasteiger partial charge is 0.489 e. The van der Waals surface area contributed by atoms with E-state index in [4.69, 9.17) is 21.1 Å². The van der Waals surface area contributed by atoms with Crippen LogP contribution in [-0.4, -0.2) is 126 Å². The van der Waals surface area contributed by atoms with E-state index in [0.717, 1.165) is 37.6 Å². The average molecular weight is 940 g/mol. The van der Waals surface area contributed by atoms with Crippen molar-refractivity contribution in [1.82, 2.24) is 30.7 Å². The van der Waals surface area contributed by atoms with Crippen LogP contribution >= 0.6 is 11.6 Å². The maximum absolute atomic E-state index is 14.0. The number of halogens is 1. The lowest BCUT2D eigenvalue weighted by Crippen LogP contribution is -2.74. The Kier molecular flexibility index (Phi) is 15.2. The number of anilines is 1. The molecule has 67 heavy (non-hydrogen) atoms. The molecule has 7 rings (SSSR count). The first-order chi connectivity index (χ1) is 31.8. The molecular formula is C51H67ClN8O7. The van der Waals surface area contributed by atoms with Crippen LogP contribution in [0, 0.1) is 27.6 Å². The van der Waals surface area contributed by atoms with E-state index in [0.29, 0.717) is 47.5 Å². The van der Waals surface area contributed by atoms with Crippen molar-refractivity contribution in [3.63, 3.8) is 0 Å². The van der Waals surface area contributed by atoms with E-state index < -0.39 is 46.2 Å². The molecule has 15 nitrogen and oxygen atoms in total. The zero-order chi connectivity index (χ0) is 48.3. The van der Waals surface area contributed by atoms with Crippen LogP contribution in [0.15, 0.2) is 60.8 Å². The van der Waals surface area contributed by atoms with Crippen LogP contribution in [0.5, 0.6) is 5.75 Å². The first kappa shape index (κ1) is 49.6. The minimum Gasteiger partial charge on any atom is -0.489 e. The summed E-state index contributed by atoms with van der Waals surface area (Å²) in [6.07, 6.45) is 4.37. The highest BCUT2D eigenvalue weighted by Crippen LogP contribution is 2.55. The number of nitrogens with one attached hydrogen (secondary N) is 3. The molecule has 0 bridgehead atoms. The molecule has 2 saturated carbocycles. The van der Waals surface area contributed by atoms with Gasteiger partial charge in [0, 0.05) is 81.4 Å². The lowest BCUT2D eigenvalue weighted by Gasteiger charge is -2.63. The van der Waals surface area contributed by atoms with Gasteiger partial charge in [0.2, 0.25) is 17.7 Å². The third kappa shape index (κ3) is 11.4. The summed E-state index contributed by atoms with van der Waals surface area (Å²) in [4.78, 5) is 64.6. The first-order valence-corrected chi connectivity index (χ1v) is 24.0. The summed E-state index contributed by atoms with van der Waals surface area (Å²) in [7, 11) is 0. The molecule has 4 fully saturated rings. The van der Waals surface area contributed by atoms with Crippen LogP contribution in [0.1, 0.15) is 107 Å². The van der Waals surface area contributed by atoms with Gasteiger partial charge in [0.05, 0.1) is 28.9 Å². The van der Waals surface area contributed by atoms with Crippen LogP contribution < -0.4 is 25.6 Å². The molecule has 0 unspecified atom stereocenters. The van der Waals surface area contributed by atoms with Gasteiger partial charge in [-0.05, 0) is 59.6 Å². The molecule has 4 N–H and O–H groups in total. The summed E-state index contributed by atoms with van der Waals surface area (Å²) in [6.45, 7) is 17.8. The van der Waals surface area contributed by atoms with E-state index in [9.17, 15) is 29.5 Å². The summed E-state index contributed by atoms with van der Waals surface area (Å²) in [5.74, 6) is 0.594. The molecule has 2 saturated heterocycles. The number of ether oxygens (including phenoxy) is 2. The maximum atomic E-state index is 14.0. The normalized spacial score (nSPS) is 23.0. The molecule has 0 spiro atoms. The topological polar surface area (TPSA) is 189 Å². The second-order valence-electron chi connectivity index (χ2n) is 20.9. The van der Waals surface area contributed by atoms with E-state index >= 15 is 0 Å². The SMILES string of the molecule is CC1(C)C(NC(=O)c2ccc(N3CCN(CCOCC(=O)N[C@H](C(=O)N4C[C@H](O)C[C@H]4C(=O)NCc4ccc(C5CCC5)cc4)C(C)(C)C)CC3)nc2)C(C)(C)C1Oc1ccc(C#N)c(Cl)c1. The van der Waals surface area contributed by atoms with Gasteiger partial charge >= 0.3 is 0 Å². The molecule has 0 radical (unpaired) electrons. The van der Waals surface area contributed by atoms with E-state index in [1.54, 1.807) is 30.5 Å². The minimum atomic E-state index is -0.939. The highest BCUT2D eigenvalue weighted by Gasteiger charge is 2.64. The lowest BCUT2D eigenvalue weighted by atomic mass is 9.49.